The summed E-state index contributed by atoms with van der Waals surface area (Å²) in [6.45, 7) is 3.76. The van der Waals surface area contributed by atoms with Crippen molar-refractivity contribution in [2.45, 2.75) is 30.0 Å². The smallest absolute Gasteiger partial charge is 0.305 e. The predicted octanol–water partition coefficient (Wildman–Crippen LogP) is 4.66. The largest absolute Gasteiger partial charge is 0.508 e. The molecule has 43 heavy (non-hydrogen) atoms. The zero-order valence-corrected chi connectivity index (χ0v) is 24.8. The average molecular weight is 618 g/mol. The molecule has 1 aromatic heterocycles. The number of nitrogens with one attached hydrogen (secondary N) is 2. The number of nitrogens with zero attached hydrogens (tertiary/aromatic N) is 1. The number of thioether (sulfide) groups is 1. The molecule has 0 radical (unpaired) electrons. The number of hydrogen-bond acceptors (Lipinski definition) is 9. The van der Waals surface area contributed by atoms with Gasteiger partial charge in [0, 0.05) is 16.5 Å². The first-order chi connectivity index (χ1) is 20.7. The quantitative estimate of drug-likeness (QED) is 0.192. The Bertz CT molecular complexity index is 1770. The lowest BCUT2D eigenvalue weighted by Crippen LogP contribution is -2.32. The number of H-pyrrole nitrogens is 1. The third-order valence-electron chi connectivity index (χ3n) is 7.25. The molecule has 1 fully saturated rings. The van der Waals surface area contributed by atoms with Gasteiger partial charge in [-0.1, -0.05) is 46.9 Å². The Morgan fingerprint density at radius 3 is 2.44 bits per heavy atom. The second-order valence-electron chi connectivity index (χ2n) is 10.1. The summed E-state index contributed by atoms with van der Waals surface area (Å²) < 4.78 is 11.7. The van der Waals surface area contributed by atoms with Crippen LogP contribution in [0.5, 0.6) is 17.2 Å². The molecule has 2 aliphatic heterocycles. The Balaban J connectivity index is 1.31. The highest BCUT2D eigenvalue weighted by Crippen LogP contribution is 2.53. The van der Waals surface area contributed by atoms with Crippen LogP contribution in [0.3, 0.4) is 0 Å². The van der Waals surface area contributed by atoms with E-state index in [9.17, 15) is 24.3 Å². The number of amides is 3. The van der Waals surface area contributed by atoms with Crippen LogP contribution in [-0.4, -0.2) is 46.3 Å². The minimum absolute atomic E-state index is 0.0872. The van der Waals surface area contributed by atoms with Gasteiger partial charge in [-0.15, -0.1) is 0 Å². The molecule has 3 amide bonds. The molecule has 12 heteroatoms. The number of carbonyl (C=O) groups is 3. The van der Waals surface area contributed by atoms with Crippen molar-refractivity contribution >= 4 is 52.2 Å². The number of aryl methyl sites for hydroxylation is 1. The van der Waals surface area contributed by atoms with Crippen molar-refractivity contribution in [1.82, 2.24) is 4.98 Å². The number of thiazole rings is 1. The third-order valence-corrected chi connectivity index (χ3v) is 9.65. The molecule has 6 rings (SSSR count). The van der Waals surface area contributed by atoms with Gasteiger partial charge in [-0.3, -0.25) is 19.2 Å². The van der Waals surface area contributed by atoms with Crippen molar-refractivity contribution in [2.24, 2.45) is 5.92 Å². The van der Waals surface area contributed by atoms with Gasteiger partial charge in [0.15, 0.2) is 18.1 Å². The number of anilines is 2. The van der Waals surface area contributed by atoms with E-state index < -0.39 is 23.0 Å². The van der Waals surface area contributed by atoms with Gasteiger partial charge < -0.3 is 24.9 Å². The molecule has 0 bridgehead atoms. The number of phenols is 1. The van der Waals surface area contributed by atoms with Crippen LogP contribution in [0.2, 0.25) is 0 Å². The van der Waals surface area contributed by atoms with Gasteiger partial charge in [0.05, 0.1) is 23.2 Å². The Kier molecular flexibility index (Phi) is 7.72. The first kappa shape index (κ1) is 28.6. The molecule has 3 atom stereocenters. The second-order valence-corrected chi connectivity index (χ2v) is 12.3. The summed E-state index contributed by atoms with van der Waals surface area (Å²) in [6, 6.07) is 18.5. The fourth-order valence-electron chi connectivity index (χ4n) is 5.32. The molecule has 0 aliphatic carbocycles. The highest BCUT2D eigenvalue weighted by molar-refractivity contribution is 8.00. The minimum Gasteiger partial charge on any atom is -0.508 e. The summed E-state index contributed by atoms with van der Waals surface area (Å²) in [7, 11) is 0. The van der Waals surface area contributed by atoms with Gasteiger partial charge in [-0.05, 0) is 67.9 Å². The summed E-state index contributed by atoms with van der Waals surface area (Å²) in [5, 5.41) is 12.0. The van der Waals surface area contributed by atoms with Crippen molar-refractivity contribution in [1.29, 1.82) is 0 Å². The number of rotatable bonds is 8. The highest BCUT2D eigenvalue weighted by Gasteiger charge is 2.56. The first-order valence-corrected chi connectivity index (χ1v) is 15.3. The molecule has 3 unspecified atom stereocenters. The fourth-order valence-corrected chi connectivity index (χ4v) is 7.83. The zero-order chi connectivity index (χ0) is 30.2. The monoisotopic (exact) mass is 617 g/mol. The molecule has 3 heterocycles. The predicted molar refractivity (Wildman–Crippen MR) is 163 cm³/mol. The second kappa shape index (κ2) is 11.6. The van der Waals surface area contributed by atoms with Gasteiger partial charge >= 0.3 is 4.87 Å². The Morgan fingerprint density at radius 1 is 0.977 bits per heavy atom. The molecule has 10 nitrogen and oxygen atoms in total. The van der Waals surface area contributed by atoms with Gasteiger partial charge in [0.25, 0.3) is 5.91 Å². The summed E-state index contributed by atoms with van der Waals surface area (Å²) in [5.74, 6) is -1.60. The number of phenolic OH excluding ortho intramolecular Hbond substituents is 1. The summed E-state index contributed by atoms with van der Waals surface area (Å²) in [4.78, 5) is 57.1. The average Bonchev–Trinajstić information content (AvgIpc) is 3.48. The Hall–Kier alpha value is -4.55. The molecular weight excluding hydrogens is 590 g/mol. The van der Waals surface area contributed by atoms with Crippen LogP contribution in [0.25, 0.3) is 0 Å². The molecule has 3 N–H and O–H groups in total. The SMILES string of the molecule is CCOc1cc(C2c3sc(=O)[nH]c3SC3C(=O)N(c4ccc(C)cc4)C(=O)C32)ccc1OCC(=O)Nc1ccc(O)cc1. The maximum Gasteiger partial charge on any atom is 0.305 e. The number of benzene rings is 3. The molecule has 4 aromatic rings. The zero-order valence-electron chi connectivity index (χ0n) is 23.2. The lowest BCUT2D eigenvalue weighted by Gasteiger charge is -2.30. The maximum absolute atomic E-state index is 14.0. The van der Waals surface area contributed by atoms with E-state index in [1.54, 1.807) is 42.5 Å². The number of carbonyl (C=O) groups excluding carboxylic acids is 3. The minimum atomic E-state index is -0.741. The lowest BCUT2D eigenvalue weighted by atomic mass is 9.83. The standard InChI is InChI=1S/C31H27N3O7S2/c1-3-40-22-14-17(6-13-21(22)41-15-23(36)32-18-7-11-20(35)12-8-18)24-25-27(42-28-26(24)43-31(39)33-28)30(38)34(29(25)37)19-9-4-16(2)5-10-19/h4-14,24-25,27,35H,3,15H2,1-2H3,(H,32,36)(H,33,39). The van der Waals surface area contributed by atoms with E-state index in [1.165, 1.54) is 28.8 Å². The van der Waals surface area contributed by atoms with E-state index in [1.807, 2.05) is 26.0 Å². The third kappa shape index (κ3) is 5.51. The van der Waals surface area contributed by atoms with Crippen LogP contribution >= 0.6 is 23.1 Å². The molecule has 0 saturated carbocycles. The van der Waals surface area contributed by atoms with Crippen LogP contribution in [-0.2, 0) is 14.4 Å². The van der Waals surface area contributed by atoms with Gasteiger partial charge in [0.1, 0.15) is 11.0 Å². The van der Waals surface area contributed by atoms with Crippen LogP contribution in [0, 0.1) is 12.8 Å². The number of ether oxygens (including phenoxy) is 2. The number of aromatic hydroxyl groups is 1. The fraction of sp³-hybridized carbons (Fsp3) is 0.226. The summed E-state index contributed by atoms with van der Waals surface area (Å²) >= 11 is 2.25. The molecule has 0 spiro atoms. The van der Waals surface area contributed by atoms with Gasteiger partial charge in [0.2, 0.25) is 11.8 Å². The summed E-state index contributed by atoms with van der Waals surface area (Å²) in [5.41, 5.74) is 2.71. The van der Waals surface area contributed by atoms with Crippen molar-refractivity contribution in [3.63, 3.8) is 0 Å². The van der Waals surface area contributed by atoms with E-state index in [0.717, 1.165) is 16.9 Å². The first-order valence-electron chi connectivity index (χ1n) is 13.6. The topological polar surface area (TPSA) is 138 Å². The Morgan fingerprint density at radius 2 is 1.72 bits per heavy atom. The molecular formula is C31H27N3O7S2. The number of aromatic nitrogens is 1. The normalized spacial score (nSPS) is 19.1. The van der Waals surface area contributed by atoms with Crippen LogP contribution in [0.15, 0.2) is 76.6 Å². The highest BCUT2D eigenvalue weighted by atomic mass is 32.2. The lowest BCUT2D eigenvalue weighted by molar-refractivity contribution is -0.122. The van der Waals surface area contributed by atoms with E-state index in [0.29, 0.717) is 44.9 Å². The van der Waals surface area contributed by atoms with Crippen molar-refractivity contribution in [3.8, 4) is 17.2 Å². The number of aromatic amines is 1. The maximum atomic E-state index is 14.0. The van der Waals surface area contributed by atoms with Gasteiger partial charge in [-0.2, -0.15) is 0 Å². The van der Waals surface area contributed by atoms with E-state index >= 15 is 0 Å². The van der Waals surface area contributed by atoms with Crippen molar-refractivity contribution in [3.05, 3.63) is 92.4 Å². The van der Waals surface area contributed by atoms with Crippen LogP contribution < -0.4 is 24.6 Å². The summed E-state index contributed by atoms with van der Waals surface area (Å²) in [6.07, 6.45) is 0. The van der Waals surface area contributed by atoms with Crippen molar-refractivity contribution < 1.29 is 29.0 Å². The van der Waals surface area contributed by atoms with Gasteiger partial charge in [-0.25, -0.2) is 4.90 Å². The number of fused-ring (bicyclic) bond motifs is 2. The molecule has 220 valence electrons. The van der Waals surface area contributed by atoms with Crippen molar-refractivity contribution in [2.75, 3.05) is 23.4 Å². The Labute approximate surface area is 254 Å². The molecule has 1 saturated heterocycles. The van der Waals surface area contributed by atoms with E-state index in [2.05, 4.69) is 10.3 Å². The van der Waals surface area contributed by atoms with Crippen LogP contribution in [0.4, 0.5) is 11.4 Å². The number of imide groups is 1. The van der Waals surface area contributed by atoms with E-state index in [4.69, 9.17) is 9.47 Å². The number of hydrogen-bond donors (Lipinski definition) is 3. The molecule has 3 aromatic carbocycles. The molecule has 2 aliphatic rings. The van der Waals surface area contributed by atoms with Crippen LogP contribution in [0.1, 0.15) is 28.8 Å². The van der Waals surface area contributed by atoms with E-state index in [-0.39, 0.29) is 29.0 Å².